The van der Waals surface area contributed by atoms with Crippen LogP contribution in [0.25, 0.3) is 0 Å². The van der Waals surface area contributed by atoms with Crippen molar-refractivity contribution in [3.8, 4) is 0 Å². The van der Waals surface area contributed by atoms with Crippen molar-refractivity contribution < 1.29 is 9.32 Å². The van der Waals surface area contributed by atoms with E-state index >= 15 is 0 Å². The van der Waals surface area contributed by atoms with E-state index in [-0.39, 0.29) is 16.3 Å². The number of hydrogen-bond acceptors (Lipinski definition) is 1. The Morgan fingerprint density at radius 1 is 0.737 bits per heavy atom. The van der Waals surface area contributed by atoms with E-state index in [1.165, 1.54) is 70.6 Å². The van der Waals surface area contributed by atoms with Crippen LogP contribution in [0.5, 0.6) is 0 Å². The molecule has 0 aliphatic rings. The van der Waals surface area contributed by atoms with Crippen molar-refractivity contribution in [2.45, 2.75) is 96.8 Å². The Hall–Kier alpha value is -0.150. The highest BCUT2D eigenvalue weighted by Gasteiger charge is 1.95. The maximum Gasteiger partial charge on any atom is 0.142 e. The van der Waals surface area contributed by atoms with Gasteiger partial charge in [-0.05, 0) is 6.42 Å². The van der Waals surface area contributed by atoms with E-state index in [0.29, 0.717) is 6.42 Å². The van der Waals surface area contributed by atoms with Crippen LogP contribution in [-0.2, 0) is 11.3 Å². The summed E-state index contributed by atoms with van der Waals surface area (Å²) in [6.45, 7) is 2.26. The highest BCUT2D eigenvalue weighted by molar-refractivity contribution is 7.66. The second-order valence-corrected chi connectivity index (χ2v) is 6.11. The van der Waals surface area contributed by atoms with Crippen LogP contribution < -0.4 is 0 Å². The molecular weight excluding hydrogens is 256 g/mol. The summed E-state index contributed by atoms with van der Waals surface area (Å²) in [6.07, 6.45) is 17.8. The zero-order valence-corrected chi connectivity index (χ0v) is 13.5. The van der Waals surface area contributed by atoms with Gasteiger partial charge in [0, 0.05) is 6.42 Å². The third-order valence-electron chi connectivity index (χ3n) is 3.59. The first-order valence-electron chi connectivity index (χ1n) is 8.16. The summed E-state index contributed by atoms with van der Waals surface area (Å²) in [5.74, 6) is 0. The fourth-order valence-corrected chi connectivity index (χ4v) is 2.56. The first-order valence-corrected chi connectivity index (χ1v) is 8.90. The highest BCUT2D eigenvalue weighted by atomic mass is 32.1. The molecule has 0 rings (SSSR count). The molecule has 0 radical (unpaired) electrons. The lowest BCUT2D eigenvalue weighted by Gasteiger charge is -2.02. The van der Waals surface area contributed by atoms with Gasteiger partial charge in [-0.15, -0.1) is 0 Å². The summed E-state index contributed by atoms with van der Waals surface area (Å²) in [7, 11) is 0. The maximum absolute atomic E-state index is 10.2. The van der Waals surface area contributed by atoms with Gasteiger partial charge in [0.25, 0.3) is 0 Å². The van der Waals surface area contributed by atoms with E-state index < -0.39 is 0 Å². The summed E-state index contributed by atoms with van der Waals surface area (Å²) in [4.78, 5) is 0. The lowest BCUT2D eigenvalue weighted by molar-refractivity contribution is 0.522. The van der Waals surface area contributed by atoms with Crippen molar-refractivity contribution in [1.29, 1.82) is 0 Å². The predicted octanol–water partition coefficient (Wildman–Crippen LogP) is 5.37. The van der Waals surface area contributed by atoms with Crippen LogP contribution in [0.3, 0.4) is 0 Å². The topological polar surface area (TPSA) is 37.3 Å². The SMILES string of the molecule is CCCCCCCCCCCCCCCC(O)=S=O. The first-order chi connectivity index (χ1) is 9.31. The number of rotatable bonds is 14. The van der Waals surface area contributed by atoms with Crippen LogP contribution >= 0.6 is 0 Å². The Labute approximate surface area is 123 Å². The minimum atomic E-state index is 0.0445. The summed E-state index contributed by atoms with van der Waals surface area (Å²) in [5.41, 5.74) is 0. The van der Waals surface area contributed by atoms with Crippen LogP contribution in [0, 0.1) is 0 Å². The minimum Gasteiger partial charge on any atom is -0.353 e. The lowest BCUT2D eigenvalue weighted by Crippen LogP contribution is -1.94. The van der Waals surface area contributed by atoms with E-state index in [0.717, 1.165) is 12.8 Å². The molecule has 3 heteroatoms. The quantitative estimate of drug-likeness (QED) is 0.345. The van der Waals surface area contributed by atoms with Gasteiger partial charge in [-0.25, -0.2) is 4.21 Å². The number of unbranched alkanes of at least 4 members (excludes halogenated alkanes) is 12. The van der Waals surface area contributed by atoms with Gasteiger partial charge in [0.15, 0.2) is 0 Å². The molecule has 0 saturated heterocycles. The lowest BCUT2D eigenvalue weighted by atomic mass is 10.0. The first kappa shape index (κ1) is 18.9. The smallest absolute Gasteiger partial charge is 0.142 e. The van der Waals surface area contributed by atoms with Crippen molar-refractivity contribution in [3.63, 3.8) is 0 Å². The van der Waals surface area contributed by atoms with Gasteiger partial charge in [0.2, 0.25) is 0 Å². The van der Waals surface area contributed by atoms with Crippen molar-refractivity contribution >= 4 is 16.3 Å². The van der Waals surface area contributed by atoms with Crippen molar-refractivity contribution in [2.75, 3.05) is 0 Å². The van der Waals surface area contributed by atoms with E-state index in [2.05, 4.69) is 6.92 Å². The maximum atomic E-state index is 10.2. The average molecular weight is 288 g/mol. The van der Waals surface area contributed by atoms with E-state index in [1.807, 2.05) is 0 Å². The number of aliphatic hydroxyl groups excluding tert-OH is 1. The second-order valence-electron chi connectivity index (χ2n) is 5.47. The van der Waals surface area contributed by atoms with Gasteiger partial charge in [0.05, 0.1) is 0 Å². The highest BCUT2D eigenvalue weighted by Crippen LogP contribution is 2.12. The van der Waals surface area contributed by atoms with Crippen LogP contribution in [0.1, 0.15) is 96.8 Å². The monoisotopic (exact) mass is 288 g/mol. The molecule has 0 amide bonds. The molecule has 2 nitrogen and oxygen atoms in total. The molecule has 19 heavy (non-hydrogen) atoms. The summed E-state index contributed by atoms with van der Waals surface area (Å²) < 4.78 is 10.2. The van der Waals surface area contributed by atoms with Gasteiger partial charge in [-0.1, -0.05) is 84.0 Å². The molecule has 0 aromatic carbocycles. The van der Waals surface area contributed by atoms with E-state index in [4.69, 9.17) is 5.11 Å². The van der Waals surface area contributed by atoms with Crippen molar-refractivity contribution in [1.82, 2.24) is 0 Å². The predicted molar refractivity (Wildman–Crippen MR) is 86.1 cm³/mol. The second kappa shape index (κ2) is 15.9. The third-order valence-corrected chi connectivity index (χ3v) is 3.99. The summed E-state index contributed by atoms with van der Waals surface area (Å²) in [5, 5.41) is 9.05. The molecule has 0 atom stereocenters. The molecule has 0 bridgehead atoms. The average Bonchev–Trinajstić information content (AvgIpc) is 2.43. The molecule has 0 aromatic rings. The van der Waals surface area contributed by atoms with Gasteiger partial charge in [0.1, 0.15) is 16.3 Å². The molecule has 0 aromatic heterocycles. The molecule has 0 unspecified atom stereocenters. The van der Waals surface area contributed by atoms with Crippen molar-refractivity contribution in [3.05, 3.63) is 0 Å². The van der Waals surface area contributed by atoms with E-state index in [1.54, 1.807) is 0 Å². The van der Waals surface area contributed by atoms with Crippen LogP contribution in [0.4, 0.5) is 0 Å². The molecule has 0 spiro atoms. The third kappa shape index (κ3) is 15.8. The van der Waals surface area contributed by atoms with Gasteiger partial charge >= 0.3 is 0 Å². The molecule has 1 N–H and O–H groups in total. The van der Waals surface area contributed by atoms with Crippen LogP contribution in [-0.4, -0.2) is 14.4 Å². The summed E-state index contributed by atoms with van der Waals surface area (Å²) >= 11 is 0.231. The van der Waals surface area contributed by atoms with Crippen LogP contribution in [0.15, 0.2) is 0 Å². The largest absolute Gasteiger partial charge is 0.353 e. The van der Waals surface area contributed by atoms with E-state index in [9.17, 15) is 4.21 Å². The number of aliphatic hydroxyl groups is 1. The fraction of sp³-hybridized carbons (Fsp3) is 0.938. The Bertz CT molecular complexity index is 235. The number of hydrogen-bond donors (Lipinski definition) is 1. The molecule has 114 valence electrons. The Morgan fingerprint density at radius 3 is 1.47 bits per heavy atom. The molecule has 0 heterocycles. The molecule has 0 fully saturated rings. The van der Waals surface area contributed by atoms with Crippen molar-refractivity contribution in [2.24, 2.45) is 0 Å². The van der Waals surface area contributed by atoms with Crippen LogP contribution in [0.2, 0.25) is 0 Å². The van der Waals surface area contributed by atoms with Gasteiger partial charge < -0.3 is 5.11 Å². The Balaban J connectivity index is 3.01. The summed E-state index contributed by atoms with van der Waals surface area (Å²) in [6, 6.07) is 0. The molecule has 0 aliphatic carbocycles. The zero-order chi connectivity index (χ0) is 14.2. The minimum absolute atomic E-state index is 0.0445. The molecular formula is C16H32O2S. The van der Waals surface area contributed by atoms with Gasteiger partial charge in [-0.3, -0.25) is 0 Å². The molecule has 0 saturated carbocycles. The normalized spacial score (nSPS) is 10.6. The molecule has 0 aliphatic heterocycles. The fourth-order valence-electron chi connectivity index (χ4n) is 2.34. The van der Waals surface area contributed by atoms with Gasteiger partial charge in [-0.2, -0.15) is 0 Å². The Morgan fingerprint density at radius 2 is 1.11 bits per heavy atom. The standard InChI is InChI=1S/C16H32O2S/c1-2-3-4-5-6-7-8-9-10-11-12-13-14-15-16(17)19-18/h17H,2-15H2,1H3. The zero-order valence-electron chi connectivity index (χ0n) is 12.7. The Kier molecular flexibility index (Phi) is 15.8.